The monoisotopic (exact) mass is 541 g/mol. The SMILES string of the molecule is CC(=O)Nc1ccc(S(=O)(=O)N2CCN([C@@H]3CCCC[C@H]3C(=O)N[C@H](C(N)=O)c3ccccc3)CC2)cc1. The summed E-state index contributed by atoms with van der Waals surface area (Å²) in [4.78, 5) is 39.1. The molecular formula is C27H35N5O5S. The highest BCUT2D eigenvalue weighted by Gasteiger charge is 2.39. The van der Waals surface area contributed by atoms with E-state index in [0.717, 1.165) is 19.3 Å². The number of primary amides is 1. The second-order valence-electron chi connectivity index (χ2n) is 9.86. The van der Waals surface area contributed by atoms with Crippen LogP contribution < -0.4 is 16.4 Å². The maximum Gasteiger partial charge on any atom is 0.244 e. The fraction of sp³-hybridized carbons (Fsp3) is 0.444. The van der Waals surface area contributed by atoms with Crippen molar-refractivity contribution in [2.45, 2.75) is 49.6 Å². The van der Waals surface area contributed by atoms with Crippen LogP contribution in [0.15, 0.2) is 59.5 Å². The maximum atomic E-state index is 13.4. The van der Waals surface area contributed by atoms with Gasteiger partial charge in [0.15, 0.2) is 0 Å². The third kappa shape index (κ3) is 6.40. The van der Waals surface area contributed by atoms with Gasteiger partial charge in [0.25, 0.3) is 0 Å². The summed E-state index contributed by atoms with van der Waals surface area (Å²) in [7, 11) is -3.68. The summed E-state index contributed by atoms with van der Waals surface area (Å²) < 4.78 is 27.9. The molecule has 2 aromatic rings. The fourth-order valence-electron chi connectivity index (χ4n) is 5.41. The fourth-order valence-corrected chi connectivity index (χ4v) is 6.83. The summed E-state index contributed by atoms with van der Waals surface area (Å²) in [6, 6.07) is 14.2. The zero-order valence-corrected chi connectivity index (χ0v) is 22.3. The number of nitrogens with one attached hydrogen (secondary N) is 2. The summed E-state index contributed by atoms with van der Waals surface area (Å²) in [6.07, 6.45) is 3.45. The van der Waals surface area contributed by atoms with E-state index in [1.54, 1.807) is 36.4 Å². The Kier molecular flexibility index (Phi) is 8.80. The summed E-state index contributed by atoms with van der Waals surface area (Å²) in [5.74, 6) is -1.34. The molecular weight excluding hydrogens is 506 g/mol. The quantitative estimate of drug-likeness (QED) is 0.466. The summed E-state index contributed by atoms with van der Waals surface area (Å²) in [6.45, 7) is 3.04. The van der Waals surface area contributed by atoms with E-state index in [2.05, 4.69) is 15.5 Å². The number of rotatable bonds is 8. The van der Waals surface area contributed by atoms with Gasteiger partial charge in [0.1, 0.15) is 6.04 Å². The lowest BCUT2D eigenvalue weighted by Gasteiger charge is -2.43. The van der Waals surface area contributed by atoms with E-state index >= 15 is 0 Å². The Morgan fingerprint density at radius 1 is 0.921 bits per heavy atom. The molecule has 1 saturated carbocycles. The Morgan fingerprint density at radius 3 is 2.16 bits per heavy atom. The number of sulfonamides is 1. The number of piperazine rings is 1. The van der Waals surface area contributed by atoms with Crippen molar-refractivity contribution in [3.05, 3.63) is 60.2 Å². The van der Waals surface area contributed by atoms with Gasteiger partial charge in [-0.05, 0) is 42.7 Å². The number of nitrogens with zero attached hydrogens (tertiary/aromatic N) is 2. The third-order valence-corrected chi connectivity index (χ3v) is 9.24. The van der Waals surface area contributed by atoms with Crippen LogP contribution in [0.1, 0.15) is 44.2 Å². The lowest BCUT2D eigenvalue weighted by atomic mass is 9.82. The predicted octanol–water partition coefficient (Wildman–Crippen LogP) is 1.85. The third-order valence-electron chi connectivity index (χ3n) is 7.32. The van der Waals surface area contributed by atoms with E-state index in [1.807, 2.05) is 6.07 Å². The highest BCUT2D eigenvalue weighted by Crippen LogP contribution is 2.31. The van der Waals surface area contributed by atoms with Gasteiger partial charge in [-0.3, -0.25) is 19.3 Å². The highest BCUT2D eigenvalue weighted by atomic mass is 32.2. The molecule has 2 aromatic carbocycles. The van der Waals surface area contributed by atoms with Gasteiger partial charge in [0.2, 0.25) is 27.7 Å². The first-order valence-corrected chi connectivity index (χ1v) is 14.4. The van der Waals surface area contributed by atoms with E-state index in [-0.39, 0.29) is 28.7 Å². The molecule has 1 aliphatic carbocycles. The molecule has 1 heterocycles. The van der Waals surface area contributed by atoms with Crippen molar-refractivity contribution in [2.24, 2.45) is 11.7 Å². The molecule has 11 heteroatoms. The molecule has 10 nitrogen and oxygen atoms in total. The van der Waals surface area contributed by atoms with Crippen LogP contribution in [0.2, 0.25) is 0 Å². The molecule has 3 amide bonds. The average Bonchev–Trinajstić information content (AvgIpc) is 2.92. The van der Waals surface area contributed by atoms with E-state index in [0.29, 0.717) is 43.9 Å². The number of benzene rings is 2. The van der Waals surface area contributed by atoms with Crippen LogP contribution in [0, 0.1) is 5.92 Å². The van der Waals surface area contributed by atoms with Crippen LogP contribution in [0.4, 0.5) is 5.69 Å². The van der Waals surface area contributed by atoms with Gasteiger partial charge in [0, 0.05) is 44.8 Å². The molecule has 38 heavy (non-hydrogen) atoms. The van der Waals surface area contributed by atoms with E-state index < -0.39 is 22.0 Å². The molecule has 2 aliphatic rings. The van der Waals surface area contributed by atoms with Crippen molar-refractivity contribution < 1.29 is 22.8 Å². The van der Waals surface area contributed by atoms with Crippen molar-refractivity contribution in [3.8, 4) is 0 Å². The summed E-state index contributed by atoms with van der Waals surface area (Å²) >= 11 is 0. The first-order chi connectivity index (χ1) is 18.2. The van der Waals surface area contributed by atoms with Gasteiger partial charge in [-0.2, -0.15) is 4.31 Å². The number of hydrogen-bond donors (Lipinski definition) is 3. The number of anilines is 1. The topological polar surface area (TPSA) is 142 Å². The minimum atomic E-state index is -3.68. The molecule has 204 valence electrons. The average molecular weight is 542 g/mol. The van der Waals surface area contributed by atoms with Gasteiger partial charge in [0.05, 0.1) is 10.8 Å². The zero-order chi connectivity index (χ0) is 27.3. The molecule has 1 saturated heterocycles. The molecule has 4 rings (SSSR count). The number of carbonyl (C=O) groups is 3. The van der Waals surface area contributed by atoms with Crippen molar-refractivity contribution in [2.75, 3.05) is 31.5 Å². The largest absolute Gasteiger partial charge is 0.368 e. The lowest BCUT2D eigenvalue weighted by molar-refractivity contribution is -0.133. The second kappa shape index (κ2) is 12.1. The Hall–Kier alpha value is -3.28. The first-order valence-electron chi connectivity index (χ1n) is 12.9. The number of nitrogens with two attached hydrogens (primary N) is 1. The number of carbonyl (C=O) groups excluding carboxylic acids is 3. The van der Waals surface area contributed by atoms with Crippen LogP contribution in [-0.4, -0.2) is 67.6 Å². The maximum absolute atomic E-state index is 13.4. The Labute approximate surface area is 223 Å². The molecule has 0 radical (unpaired) electrons. The molecule has 0 bridgehead atoms. The van der Waals surface area contributed by atoms with Crippen molar-refractivity contribution in [1.29, 1.82) is 0 Å². The molecule has 1 aliphatic heterocycles. The van der Waals surface area contributed by atoms with Gasteiger partial charge >= 0.3 is 0 Å². The lowest BCUT2D eigenvalue weighted by Crippen LogP contribution is -2.56. The first kappa shape index (κ1) is 27.7. The second-order valence-corrected chi connectivity index (χ2v) is 11.8. The Balaban J connectivity index is 1.40. The van der Waals surface area contributed by atoms with Gasteiger partial charge in [-0.15, -0.1) is 0 Å². The van der Waals surface area contributed by atoms with E-state index in [9.17, 15) is 22.8 Å². The van der Waals surface area contributed by atoms with Crippen LogP contribution >= 0.6 is 0 Å². The molecule has 0 unspecified atom stereocenters. The summed E-state index contributed by atoms with van der Waals surface area (Å²) in [5, 5.41) is 5.50. The van der Waals surface area contributed by atoms with Gasteiger partial charge in [-0.25, -0.2) is 8.42 Å². The van der Waals surface area contributed by atoms with Gasteiger partial charge in [-0.1, -0.05) is 43.2 Å². The smallest absolute Gasteiger partial charge is 0.244 e. The normalized spacial score (nSPS) is 21.8. The molecule has 4 N–H and O–H groups in total. The molecule has 0 spiro atoms. The van der Waals surface area contributed by atoms with Crippen molar-refractivity contribution >= 4 is 33.4 Å². The van der Waals surface area contributed by atoms with Crippen molar-refractivity contribution in [3.63, 3.8) is 0 Å². The zero-order valence-electron chi connectivity index (χ0n) is 21.5. The number of hydrogen-bond acceptors (Lipinski definition) is 6. The molecule has 2 fully saturated rings. The van der Waals surface area contributed by atoms with Crippen molar-refractivity contribution in [1.82, 2.24) is 14.5 Å². The van der Waals surface area contributed by atoms with E-state index in [1.165, 1.54) is 23.4 Å². The van der Waals surface area contributed by atoms with Gasteiger partial charge < -0.3 is 16.4 Å². The van der Waals surface area contributed by atoms with E-state index in [4.69, 9.17) is 5.73 Å². The van der Waals surface area contributed by atoms with Crippen LogP contribution in [-0.2, 0) is 24.4 Å². The highest BCUT2D eigenvalue weighted by molar-refractivity contribution is 7.89. The Bertz CT molecular complexity index is 1240. The van der Waals surface area contributed by atoms with Crippen LogP contribution in [0.5, 0.6) is 0 Å². The summed E-state index contributed by atoms with van der Waals surface area (Å²) in [5.41, 5.74) is 6.79. The predicted molar refractivity (Wildman–Crippen MR) is 143 cm³/mol. The van der Waals surface area contributed by atoms with Crippen LogP contribution in [0.25, 0.3) is 0 Å². The Morgan fingerprint density at radius 2 is 1.55 bits per heavy atom. The minimum Gasteiger partial charge on any atom is -0.368 e. The minimum absolute atomic E-state index is 0.0326. The van der Waals surface area contributed by atoms with Crippen LogP contribution in [0.3, 0.4) is 0 Å². The molecule has 0 aromatic heterocycles. The standard InChI is InChI=1S/C27H35N5O5S/c1-19(33)29-21-11-13-22(14-12-21)38(36,37)32-17-15-31(16-18-32)24-10-6-5-9-23(24)27(35)30-25(26(28)34)20-7-3-2-4-8-20/h2-4,7-8,11-14,23-25H,5-6,9-10,15-18H2,1H3,(H2,28,34)(H,29,33)(H,30,35)/t23-,24-,25+/m1/s1. The molecule has 3 atom stereocenters. The number of amides is 3.